The van der Waals surface area contributed by atoms with Crippen LogP contribution in [0.25, 0.3) is 16.6 Å². The second kappa shape index (κ2) is 7.42. The van der Waals surface area contributed by atoms with Crippen molar-refractivity contribution in [1.29, 1.82) is 0 Å². The number of nitrogens with zero attached hydrogens (tertiary/aromatic N) is 3. The summed E-state index contributed by atoms with van der Waals surface area (Å²) in [6.45, 7) is 1.59. The Hall–Kier alpha value is -3.46. The van der Waals surface area contributed by atoms with E-state index in [4.69, 9.17) is 9.47 Å². The van der Waals surface area contributed by atoms with Crippen LogP contribution in [0.5, 0.6) is 0 Å². The van der Waals surface area contributed by atoms with Crippen LogP contribution in [-0.2, 0) is 14.3 Å². The SMILES string of the molecule is O=C(Nc1nn(-c2cccc(F)c2)c2cccc(N3CCOC3=O)c12)[C@H]1CCOC1. The average Bonchev–Trinajstić information content (AvgIpc) is 3.48. The maximum atomic E-state index is 13.9. The van der Waals surface area contributed by atoms with Crippen LogP contribution >= 0.6 is 0 Å². The highest BCUT2D eigenvalue weighted by molar-refractivity contribution is 6.10. The van der Waals surface area contributed by atoms with E-state index in [-0.39, 0.29) is 18.4 Å². The van der Waals surface area contributed by atoms with Crippen molar-refractivity contribution in [2.75, 3.05) is 36.6 Å². The van der Waals surface area contributed by atoms with E-state index in [1.165, 1.54) is 17.0 Å². The number of hydrogen-bond acceptors (Lipinski definition) is 5. The summed E-state index contributed by atoms with van der Waals surface area (Å²) in [6.07, 6.45) is 0.183. The minimum absolute atomic E-state index is 0.197. The lowest BCUT2D eigenvalue weighted by molar-refractivity contribution is -0.119. The third-order valence-electron chi connectivity index (χ3n) is 5.33. The molecule has 0 unspecified atom stereocenters. The highest BCUT2D eigenvalue weighted by Crippen LogP contribution is 2.36. The standard InChI is InChI=1S/C21H19FN4O4/c22-14-3-1-4-15(11-14)26-17-6-2-5-16(25-8-10-30-21(25)28)18(17)19(24-26)23-20(27)13-7-9-29-12-13/h1-6,11,13H,7-10,12H2,(H,23,24,27)/t13-/m0/s1. The zero-order chi connectivity index (χ0) is 20.7. The number of benzene rings is 2. The third kappa shape index (κ3) is 3.17. The molecule has 1 N–H and O–H groups in total. The minimum atomic E-state index is -0.456. The molecule has 3 aromatic rings. The first-order chi connectivity index (χ1) is 14.6. The Bertz CT molecular complexity index is 1140. The van der Waals surface area contributed by atoms with Crippen molar-refractivity contribution in [3.05, 3.63) is 48.3 Å². The number of cyclic esters (lactones) is 1. The molecule has 0 bridgehead atoms. The molecule has 5 rings (SSSR count). The Morgan fingerprint density at radius 3 is 2.80 bits per heavy atom. The van der Waals surface area contributed by atoms with Gasteiger partial charge in [0.2, 0.25) is 5.91 Å². The van der Waals surface area contributed by atoms with Gasteiger partial charge in [0.15, 0.2) is 5.82 Å². The van der Waals surface area contributed by atoms with Crippen molar-refractivity contribution in [2.45, 2.75) is 6.42 Å². The lowest BCUT2D eigenvalue weighted by Gasteiger charge is -2.15. The predicted octanol–water partition coefficient (Wildman–Crippen LogP) is 3.10. The molecule has 2 amide bonds. The maximum Gasteiger partial charge on any atom is 0.414 e. The summed E-state index contributed by atoms with van der Waals surface area (Å²) in [4.78, 5) is 26.5. The van der Waals surface area contributed by atoms with E-state index in [0.29, 0.717) is 54.3 Å². The number of carbonyl (C=O) groups is 2. The first kappa shape index (κ1) is 18.6. The van der Waals surface area contributed by atoms with Gasteiger partial charge < -0.3 is 14.8 Å². The molecule has 2 fully saturated rings. The monoisotopic (exact) mass is 410 g/mol. The Kier molecular flexibility index (Phi) is 4.59. The van der Waals surface area contributed by atoms with Gasteiger partial charge in [-0.3, -0.25) is 9.69 Å². The topological polar surface area (TPSA) is 85.7 Å². The smallest absolute Gasteiger partial charge is 0.414 e. The van der Waals surface area contributed by atoms with Crippen LogP contribution in [0.15, 0.2) is 42.5 Å². The van der Waals surface area contributed by atoms with Crippen molar-refractivity contribution in [3.63, 3.8) is 0 Å². The van der Waals surface area contributed by atoms with E-state index in [1.807, 2.05) is 6.07 Å². The normalized spacial score (nSPS) is 18.8. The number of rotatable bonds is 4. The fourth-order valence-corrected chi connectivity index (χ4v) is 3.84. The van der Waals surface area contributed by atoms with Gasteiger partial charge >= 0.3 is 6.09 Å². The molecule has 0 aliphatic carbocycles. The van der Waals surface area contributed by atoms with Crippen LogP contribution in [0.1, 0.15) is 6.42 Å². The molecule has 1 aromatic heterocycles. The summed E-state index contributed by atoms with van der Waals surface area (Å²) in [5.41, 5.74) is 1.72. The summed E-state index contributed by atoms with van der Waals surface area (Å²) >= 11 is 0. The fraction of sp³-hybridized carbons (Fsp3) is 0.286. The molecule has 2 saturated heterocycles. The fourth-order valence-electron chi connectivity index (χ4n) is 3.84. The number of hydrogen-bond donors (Lipinski definition) is 1. The number of aromatic nitrogens is 2. The molecule has 2 aromatic carbocycles. The number of halogens is 1. The van der Waals surface area contributed by atoms with Crippen LogP contribution in [0.4, 0.5) is 20.7 Å². The lowest BCUT2D eigenvalue weighted by Crippen LogP contribution is -2.25. The van der Waals surface area contributed by atoms with Crippen LogP contribution in [0, 0.1) is 11.7 Å². The van der Waals surface area contributed by atoms with Crippen molar-refractivity contribution >= 4 is 34.4 Å². The molecule has 2 aliphatic rings. The highest BCUT2D eigenvalue weighted by Gasteiger charge is 2.30. The van der Waals surface area contributed by atoms with E-state index in [2.05, 4.69) is 10.4 Å². The van der Waals surface area contributed by atoms with E-state index in [0.717, 1.165) is 0 Å². The van der Waals surface area contributed by atoms with Crippen molar-refractivity contribution in [1.82, 2.24) is 9.78 Å². The van der Waals surface area contributed by atoms with Crippen molar-refractivity contribution in [3.8, 4) is 5.69 Å². The summed E-state index contributed by atoms with van der Waals surface area (Å²) in [6, 6.07) is 11.4. The van der Waals surface area contributed by atoms with E-state index in [9.17, 15) is 14.0 Å². The van der Waals surface area contributed by atoms with Crippen LogP contribution in [-0.4, -0.2) is 48.1 Å². The van der Waals surface area contributed by atoms with Crippen molar-refractivity contribution in [2.24, 2.45) is 5.92 Å². The predicted molar refractivity (Wildman–Crippen MR) is 107 cm³/mol. The second-order valence-corrected chi connectivity index (χ2v) is 7.23. The minimum Gasteiger partial charge on any atom is -0.447 e. The van der Waals surface area contributed by atoms with E-state index in [1.54, 1.807) is 28.9 Å². The molecule has 8 nitrogen and oxygen atoms in total. The lowest BCUT2D eigenvalue weighted by atomic mass is 10.1. The highest BCUT2D eigenvalue weighted by atomic mass is 19.1. The first-order valence-corrected chi connectivity index (χ1v) is 9.72. The number of amides is 2. The molecule has 0 radical (unpaired) electrons. The zero-order valence-electron chi connectivity index (χ0n) is 16.0. The van der Waals surface area contributed by atoms with Gasteiger partial charge in [0.1, 0.15) is 12.4 Å². The third-order valence-corrected chi connectivity index (χ3v) is 5.33. The molecule has 154 valence electrons. The van der Waals surface area contributed by atoms with Gasteiger partial charge in [-0.05, 0) is 36.8 Å². The van der Waals surface area contributed by atoms with Gasteiger partial charge in [0.05, 0.1) is 41.3 Å². The molecule has 0 saturated carbocycles. The van der Waals surface area contributed by atoms with Gasteiger partial charge in [-0.25, -0.2) is 13.9 Å². The number of anilines is 2. The number of carbonyl (C=O) groups excluding carboxylic acids is 2. The van der Waals surface area contributed by atoms with Gasteiger partial charge in [0, 0.05) is 6.61 Å². The quantitative estimate of drug-likeness (QED) is 0.714. The van der Waals surface area contributed by atoms with Gasteiger partial charge in [0.25, 0.3) is 0 Å². The van der Waals surface area contributed by atoms with E-state index >= 15 is 0 Å². The number of ether oxygens (including phenoxy) is 2. The Labute approximate surface area is 171 Å². The average molecular weight is 410 g/mol. The van der Waals surface area contributed by atoms with Gasteiger partial charge in [-0.1, -0.05) is 12.1 Å². The Balaban J connectivity index is 1.66. The summed E-state index contributed by atoms with van der Waals surface area (Å²) in [5.74, 6) is -0.550. The second-order valence-electron chi connectivity index (χ2n) is 7.23. The summed E-state index contributed by atoms with van der Waals surface area (Å²) < 4.78 is 25.8. The summed E-state index contributed by atoms with van der Waals surface area (Å²) in [5, 5.41) is 8.05. The van der Waals surface area contributed by atoms with Crippen molar-refractivity contribution < 1.29 is 23.5 Å². The molecule has 0 spiro atoms. The van der Waals surface area contributed by atoms with E-state index < -0.39 is 11.9 Å². The Morgan fingerprint density at radius 1 is 1.20 bits per heavy atom. The molecule has 3 heterocycles. The zero-order valence-corrected chi connectivity index (χ0v) is 16.0. The molecular weight excluding hydrogens is 391 g/mol. The van der Waals surface area contributed by atoms with Gasteiger partial charge in [-0.15, -0.1) is 5.10 Å². The van der Waals surface area contributed by atoms with Crippen LogP contribution in [0.2, 0.25) is 0 Å². The number of nitrogens with one attached hydrogen (secondary N) is 1. The van der Waals surface area contributed by atoms with Crippen LogP contribution in [0.3, 0.4) is 0 Å². The molecule has 30 heavy (non-hydrogen) atoms. The molecule has 1 atom stereocenters. The first-order valence-electron chi connectivity index (χ1n) is 9.72. The number of fused-ring (bicyclic) bond motifs is 1. The summed E-state index contributed by atoms with van der Waals surface area (Å²) in [7, 11) is 0. The molecule has 2 aliphatic heterocycles. The maximum absolute atomic E-state index is 13.9. The Morgan fingerprint density at radius 2 is 2.07 bits per heavy atom. The largest absolute Gasteiger partial charge is 0.447 e. The molecule has 9 heteroatoms. The van der Waals surface area contributed by atoms with Crippen LogP contribution < -0.4 is 10.2 Å². The van der Waals surface area contributed by atoms with Gasteiger partial charge in [-0.2, -0.15) is 0 Å². The molecular formula is C21H19FN4O4.